The van der Waals surface area contributed by atoms with Gasteiger partial charge in [0.25, 0.3) is 0 Å². The van der Waals surface area contributed by atoms with Crippen molar-refractivity contribution in [3.63, 3.8) is 0 Å². The zero-order valence-corrected chi connectivity index (χ0v) is 8.68. The lowest BCUT2D eigenvalue weighted by Crippen LogP contribution is -2.13. The second kappa shape index (κ2) is 3.45. The molecule has 1 aromatic rings. The molecule has 0 bridgehead atoms. The predicted molar refractivity (Wildman–Crippen MR) is 58.0 cm³/mol. The summed E-state index contributed by atoms with van der Waals surface area (Å²) in [5.74, 6) is 0.154. The van der Waals surface area contributed by atoms with Crippen LogP contribution in [0.5, 0.6) is 0 Å². The van der Waals surface area contributed by atoms with E-state index < -0.39 is 0 Å². The lowest BCUT2D eigenvalue weighted by Gasteiger charge is -2.20. The van der Waals surface area contributed by atoms with E-state index in [9.17, 15) is 4.79 Å². The van der Waals surface area contributed by atoms with Gasteiger partial charge in [-0.3, -0.25) is 4.79 Å². The van der Waals surface area contributed by atoms with Crippen molar-refractivity contribution in [2.75, 3.05) is 11.9 Å². The molecule has 0 aliphatic carbocycles. The van der Waals surface area contributed by atoms with Crippen LogP contribution in [0, 0.1) is 6.92 Å². The van der Waals surface area contributed by atoms with E-state index in [0.717, 1.165) is 24.9 Å². The van der Waals surface area contributed by atoms with E-state index in [-0.39, 0.29) is 5.78 Å². The Kier molecular flexibility index (Phi) is 2.28. The number of hydrogen-bond acceptors (Lipinski definition) is 2. The van der Waals surface area contributed by atoms with Gasteiger partial charge in [-0.2, -0.15) is 0 Å². The molecule has 0 unspecified atom stereocenters. The lowest BCUT2D eigenvalue weighted by atomic mass is 9.96. The first-order chi connectivity index (χ1) is 6.68. The maximum atomic E-state index is 11.3. The molecule has 0 atom stereocenters. The molecule has 1 heterocycles. The highest BCUT2D eigenvalue weighted by Crippen LogP contribution is 2.27. The Morgan fingerprint density at radius 1 is 1.43 bits per heavy atom. The van der Waals surface area contributed by atoms with Crippen molar-refractivity contribution in [2.45, 2.75) is 26.7 Å². The van der Waals surface area contributed by atoms with Gasteiger partial charge in [-0.05, 0) is 49.9 Å². The van der Waals surface area contributed by atoms with Crippen LogP contribution in [0.15, 0.2) is 12.1 Å². The van der Waals surface area contributed by atoms with Gasteiger partial charge in [0, 0.05) is 17.8 Å². The highest BCUT2D eigenvalue weighted by atomic mass is 16.1. The maximum Gasteiger partial charge on any atom is 0.159 e. The molecule has 14 heavy (non-hydrogen) atoms. The average Bonchev–Trinajstić information content (AvgIpc) is 2.17. The SMILES string of the molecule is CC(=O)c1cc(C)c2c(c1)CCCN2. The molecule has 1 aliphatic heterocycles. The molecule has 0 radical (unpaired) electrons. The Morgan fingerprint density at radius 2 is 2.21 bits per heavy atom. The Labute approximate surface area is 84.3 Å². The van der Waals surface area contributed by atoms with E-state index in [1.807, 2.05) is 12.1 Å². The van der Waals surface area contributed by atoms with Crippen LogP contribution in [0.4, 0.5) is 5.69 Å². The van der Waals surface area contributed by atoms with Crippen LogP contribution in [0.3, 0.4) is 0 Å². The van der Waals surface area contributed by atoms with Gasteiger partial charge in [0.15, 0.2) is 5.78 Å². The summed E-state index contributed by atoms with van der Waals surface area (Å²) < 4.78 is 0. The third-order valence-corrected chi connectivity index (χ3v) is 2.75. The van der Waals surface area contributed by atoms with Crippen molar-refractivity contribution in [3.05, 3.63) is 28.8 Å². The standard InChI is InChI=1S/C12H15NO/c1-8-6-11(9(2)14)7-10-4-3-5-13-12(8)10/h6-7,13H,3-5H2,1-2H3. The number of carbonyl (C=O) groups is 1. The number of rotatable bonds is 1. The zero-order chi connectivity index (χ0) is 10.1. The van der Waals surface area contributed by atoms with Gasteiger partial charge >= 0.3 is 0 Å². The van der Waals surface area contributed by atoms with E-state index >= 15 is 0 Å². The Hall–Kier alpha value is -1.31. The fraction of sp³-hybridized carbons (Fsp3) is 0.417. The molecule has 1 aromatic carbocycles. The average molecular weight is 189 g/mol. The molecule has 2 rings (SSSR count). The van der Waals surface area contributed by atoms with Crippen LogP contribution in [-0.4, -0.2) is 12.3 Å². The molecule has 0 fully saturated rings. The van der Waals surface area contributed by atoms with Gasteiger partial charge < -0.3 is 5.32 Å². The number of ketones is 1. The molecule has 1 N–H and O–H groups in total. The number of anilines is 1. The Bertz CT molecular complexity index is 382. The first kappa shape index (κ1) is 9.25. The smallest absolute Gasteiger partial charge is 0.159 e. The van der Waals surface area contributed by atoms with Crippen LogP contribution in [0.1, 0.15) is 34.8 Å². The summed E-state index contributed by atoms with van der Waals surface area (Å²) in [6, 6.07) is 4.00. The van der Waals surface area contributed by atoms with E-state index in [0.29, 0.717) is 0 Å². The van der Waals surface area contributed by atoms with Gasteiger partial charge in [-0.15, -0.1) is 0 Å². The molecule has 1 aliphatic rings. The lowest BCUT2D eigenvalue weighted by molar-refractivity contribution is 0.101. The van der Waals surface area contributed by atoms with Gasteiger partial charge in [0.1, 0.15) is 0 Å². The van der Waals surface area contributed by atoms with Crippen LogP contribution in [0.25, 0.3) is 0 Å². The van der Waals surface area contributed by atoms with Crippen molar-refractivity contribution >= 4 is 11.5 Å². The van der Waals surface area contributed by atoms with Crippen LogP contribution in [-0.2, 0) is 6.42 Å². The number of carbonyl (C=O) groups excluding carboxylic acids is 1. The number of benzene rings is 1. The van der Waals surface area contributed by atoms with Gasteiger partial charge in [-0.1, -0.05) is 0 Å². The largest absolute Gasteiger partial charge is 0.385 e. The highest BCUT2D eigenvalue weighted by molar-refractivity contribution is 5.95. The van der Waals surface area contributed by atoms with Gasteiger partial charge in [0.05, 0.1) is 0 Å². The monoisotopic (exact) mass is 189 g/mol. The quantitative estimate of drug-likeness (QED) is 0.688. The minimum absolute atomic E-state index is 0.154. The normalized spacial score (nSPS) is 14.4. The number of Topliss-reactive ketones (excluding diaryl/α,β-unsaturated/α-hetero) is 1. The summed E-state index contributed by atoms with van der Waals surface area (Å²) in [6.45, 7) is 4.73. The van der Waals surface area contributed by atoms with Crippen LogP contribution in [0.2, 0.25) is 0 Å². The van der Waals surface area contributed by atoms with Gasteiger partial charge in [0.2, 0.25) is 0 Å². The van der Waals surface area contributed by atoms with Crippen molar-refractivity contribution in [1.29, 1.82) is 0 Å². The second-order valence-electron chi connectivity index (χ2n) is 3.91. The summed E-state index contributed by atoms with van der Waals surface area (Å²) in [5, 5.41) is 3.39. The predicted octanol–water partition coefficient (Wildman–Crippen LogP) is 2.56. The summed E-state index contributed by atoms with van der Waals surface area (Å²) in [4.78, 5) is 11.3. The summed E-state index contributed by atoms with van der Waals surface area (Å²) in [5.41, 5.74) is 4.56. The van der Waals surface area contributed by atoms with Gasteiger partial charge in [-0.25, -0.2) is 0 Å². The van der Waals surface area contributed by atoms with Crippen molar-refractivity contribution in [1.82, 2.24) is 0 Å². The van der Waals surface area contributed by atoms with E-state index in [4.69, 9.17) is 0 Å². The number of fused-ring (bicyclic) bond motifs is 1. The third-order valence-electron chi connectivity index (χ3n) is 2.75. The van der Waals surface area contributed by atoms with Crippen LogP contribution >= 0.6 is 0 Å². The molecule has 0 aromatic heterocycles. The van der Waals surface area contributed by atoms with E-state index in [1.54, 1.807) is 6.92 Å². The maximum absolute atomic E-state index is 11.3. The van der Waals surface area contributed by atoms with E-state index in [1.165, 1.54) is 16.8 Å². The number of hydrogen-bond donors (Lipinski definition) is 1. The topological polar surface area (TPSA) is 29.1 Å². The molecule has 0 saturated carbocycles. The Balaban J connectivity index is 2.51. The fourth-order valence-corrected chi connectivity index (χ4v) is 2.01. The summed E-state index contributed by atoms with van der Waals surface area (Å²) in [7, 11) is 0. The molecule has 0 spiro atoms. The van der Waals surface area contributed by atoms with Crippen molar-refractivity contribution < 1.29 is 4.79 Å². The summed E-state index contributed by atoms with van der Waals surface area (Å²) >= 11 is 0. The number of aryl methyl sites for hydroxylation is 2. The molecule has 0 amide bonds. The van der Waals surface area contributed by atoms with Crippen LogP contribution < -0.4 is 5.32 Å². The van der Waals surface area contributed by atoms with Crippen molar-refractivity contribution in [3.8, 4) is 0 Å². The number of nitrogens with one attached hydrogen (secondary N) is 1. The zero-order valence-electron chi connectivity index (χ0n) is 8.68. The first-order valence-electron chi connectivity index (χ1n) is 5.07. The molecule has 2 nitrogen and oxygen atoms in total. The molecule has 74 valence electrons. The Morgan fingerprint density at radius 3 is 2.93 bits per heavy atom. The summed E-state index contributed by atoms with van der Waals surface area (Å²) in [6.07, 6.45) is 2.25. The van der Waals surface area contributed by atoms with Crippen molar-refractivity contribution in [2.24, 2.45) is 0 Å². The minimum Gasteiger partial charge on any atom is -0.385 e. The molecular weight excluding hydrogens is 174 g/mol. The minimum atomic E-state index is 0.154. The molecule has 2 heteroatoms. The molecule has 0 saturated heterocycles. The van der Waals surface area contributed by atoms with E-state index in [2.05, 4.69) is 12.2 Å². The highest BCUT2D eigenvalue weighted by Gasteiger charge is 2.13. The fourth-order valence-electron chi connectivity index (χ4n) is 2.01. The third kappa shape index (κ3) is 1.52. The first-order valence-corrected chi connectivity index (χ1v) is 5.07. The molecular formula is C12H15NO. The second-order valence-corrected chi connectivity index (χ2v) is 3.91.